The van der Waals surface area contributed by atoms with Crippen LogP contribution in [-0.4, -0.2) is 41.7 Å². The fourth-order valence-electron chi connectivity index (χ4n) is 2.69. The minimum atomic E-state index is -0.00208. The van der Waals surface area contributed by atoms with E-state index in [4.69, 9.17) is 0 Å². The molecule has 1 aromatic carbocycles. The summed E-state index contributed by atoms with van der Waals surface area (Å²) in [7, 11) is 0. The van der Waals surface area contributed by atoms with Gasteiger partial charge in [0.15, 0.2) is 0 Å². The van der Waals surface area contributed by atoms with Crippen molar-refractivity contribution >= 4 is 11.6 Å². The van der Waals surface area contributed by atoms with Crippen LogP contribution in [0.25, 0.3) is 0 Å². The Morgan fingerprint density at radius 1 is 1.42 bits per heavy atom. The van der Waals surface area contributed by atoms with E-state index in [1.165, 1.54) is 0 Å². The summed E-state index contributed by atoms with van der Waals surface area (Å²) in [6.45, 7) is 5.38. The molecule has 0 aliphatic carbocycles. The Morgan fingerprint density at radius 3 is 2.74 bits per heavy atom. The first-order valence-electron chi connectivity index (χ1n) is 6.83. The van der Waals surface area contributed by atoms with Crippen LogP contribution < -0.4 is 5.32 Å². The van der Waals surface area contributed by atoms with Gasteiger partial charge in [0.2, 0.25) is 5.91 Å². The molecule has 1 fully saturated rings. The lowest BCUT2D eigenvalue weighted by Gasteiger charge is -2.22. The third-order valence-corrected chi connectivity index (χ3v) is 3.80. The van der Waals surface area contributed by atoms with Crippen molar-refractivity contribution in [1.82, 2.24) is 4.90 Å². The number of para-hydroxylation sites is 1. The number of benzene rings is 1. The standard InChI is InChI=1S/C15H22N2O2/c1-11-5-3-6-12(2)15(11)16-14(19)9-17-8-4-7-13(17)10-18/h3,5-6,13,18H,4,7-10H2,1-2H3,(H,16,19)/t13-/m0/s1. The number of nitrogens with one attached hydrogen (secondary N) is 1. The lowest BCUT2D eigenvalue weighted by atomic mass is 10.1. The highest BCUT2D eigenvalue weighted by Crippen LogP contribution is 2.20. The smallest absolute Gasteiger partial charge is 0.238 e. The predicted molar refractivity (Wildman–Crippen MR) is 76.2 cm³/mol. The Morgan fingerprint density at radius 2 is 2.11 bits per heavy atom. The molecule has 2 rings (SSSR count). The molecule has 1 heterocycles. The third-order valence-electron chi connectivity index (χ3n) is 3.80. The quantitative estimate of drug-likeness (QED) is 0.868. The highest BCUT2D eigenvalue weighted by molar-refractivity contribution is 5.93. The maximum atomic E-state index is 12.1. The molecule has 104 valence electrons. The lowest BCUT2D eigenvalue weighted by Crippen LogP contribution is -2.38. The average molecular weight is 262 g/mol. The summed E-state index contributed by atoms with van der Waals surface area (Å²) in [5, 5.41) is 12.2. The van der Waals surface area contributed by atoms with Crippen LogP contribution in [-0.2, 0) is 4.79 Å². The van der Waals surface area contributed by atoms with Crippen molar-refractivity contribution < 1.29 is 9.90 Å². The van der Waals surface area contributed by atoms with E-state index in [0.29, 0.717) is 6.54 Å². The van der Waals surface area contributed by atoms with Gasteiger partial charge in [-0.1, -0.05) is 18.2 Å². The van der Waals surface area contributed by atoms with Crippen molar-refractivity contribution in [3.63, 3.8) is 0 Å². The number of amides is 1. The summed E-state index contributed by atoms with van der Waals surface area (Å²) >= 11 is 0. The topological polar surface area (TPSA) is 52.6 Å². The van der Waals surface area contributed by atoms with E-state index >= 15 is 0 Å². The largest absolute Gasteiger partial charge is 0.395 e. The summed E-state index contributed by atoms with van der Waals surface area (Å²) in [6.07, 6.45) is 2.04. The maximum absolute atomic E-state index is 12.1. The van der Waals surface area contributed by atoms with Crippen molar-refractivity contribution in [2.45, 2.75) is 32.7 Å². The van der Waals surface area contributed by atoms with Crippen LogP contribution in [0.2, 0.25) is 0 Å². The van der Waals surface area contributed by atoms with Crippen molar-refractivity contribution in [2.75, 3.05) is 25.0 Å². The summed E-state index contributed by atoms with van der Waals surface area (Å²) in [6, 6.07) is 6.12. The van der Waals surface area contributed by atoms with Gasteiger partial charge in [0.25, 0.3) is 0 Å². The molecule has 0 aromatic heterocycles. The first-order chi connectivity index (χ1) is 9.11. The number of carbonyl (C=O) groups excluding carboxylic acids is 1. The second kappa shape index (κ2) is 6.17. The van der Waals surface area contributed by atoms with E-state index in [2.05, 4.69) is 10.2 Å². The average Bonchev–Trinajstić information content (AvgIpc) is 2.81. The Kier molecular flexibility index (Phi) is 4.56. The van der Waals surface area contributed by atoms with Crippen LogP contribution in [0.5, 0.6) is 0 Å². The molecule has 0 unspecified atom stereocenters. The molecule has 0 radical (unpaired) electrons. The van der Waals surface area contributed by atoms with Crippen molar-refractivity contribution in [3.8, 4) is 0 Å². The number of hydrogen-bond acceptors (Lipinski definition) is 3. The highest BCUT2D eigenvalue weighted by atomic mass is 16.3. The van der Waals surface area contributed by atoms with Gasteiger partial charge in [-0.2, -0.15) is 0 Å². The number of aryl methyl sites for hydroxylation is 2. The van der Waals surface area contributed by atoms with Crippen molar-refractivity contribution in [3.05, 3.63) is 29.3 Å². The van der Waals surface area contributed by atoms with Gasteiger partial charge in [0, 0.05) is 11.7 Å². The fraction of sp³-hybridized carbons (Fsp3) is 0.533. The van der Waals surface area contributed by atoms with Crippen LogP contribution in [0.4, 0.5) is 5.69 Å². The summed E-state index contributed by atoms with van der Waals surface area (Å²) in [5.41, 5.74) is 3.06. The second-order valence-electron chi connectivity index (χ2n) is 5.26. The van der Waals surface area contributed by atoms with E-state index in [-0.39, 0.29) is 18.6 Å². The molecule has 1 amide bonds. The van der Waals surface area contributed by atoms with Crippen LogP contribution in [0.1, 0.15) is 24.0 Å². The summed E-state index contributed by atoms with van der Waals surface area (Å²) in [5.74, 6) is -0.00208. The Balaban J connectivity index is 1.98. The van der Waals surface area contributed by atoms with E-state index in [1.807, 2.05) is 32.0 Å². The van der Waals surface area contributed by atoms with Crippen molar-refractivity contribution in [2.24, 2.45) is 0 Å². The Hall–Kier alpha value is -1.39. The number of anilines is 1. The molecular formula is C15H22N2O2. The molecule has 1 saturated heterocycles. The molecule has 1 aliphatic heterocycles. The van der Waals surface area contributed by atoms with Gasteiger partial charge >= 0.3 is 0 Å². The number of aliphatic hydroxyl groups is 1. The van der Waals surface area contributed by atoms with Crippen LogP contribution in [0, 0.1) is 13.8 Å². The van der Waals surface area contributed by atoms with Crippen LogP contribution in [0.3, 0.4) is 0 Å². The Bertz CT molecular complexity index is 439. The second-order valence-corrected chi connectivity index (χ2v) is 5.26. The first-order valence-corrected chi connectivity index (χ1v) is 6.83. The van der Waals surface area contributed by atoms with Gasteiger partial charge in [0.05, 0.1) is 13.2 Å². The van der Waals surface area contributed by atoms with E-state index in [0.717, 1.165) is 36.2 Å². The third kappa shape index (κ3) is 3.33. The van der Waals surface area contributed by atoms with Gasteiger partial charge in [0.1, 0.15) is 0 Å². The zero-order chi connectivity index (χ0) is 13.8. The van der Waals surface area contributed by atoms with Gasteiger partial charge in [-0.05, 0) is 44.4 Å². The fourth-order valence-corrected chi connectivity index (χ4v) is 2.69. The molecule has 1 atom stereocenters. The molecule has 4 nitrogen and oxygen atoms in total. The zero-order valence-corrected chi connectivity index (χ0v) is 11.6. The number of hydrogen-bond donors (Lipinski definition) is 2. The number of nitrogens with zero attached hydrogens (tertiary/aromatic N) is 1. The number of carbonyl (C=O) groups is 1. The van der Waals surface area contributed by atoms with Gasteiger partial charge in [-0.15, -0.1) is 0 Å². The molecular weight excluding hydrogens is 240 g/mol. The lowest BCUT2D eigenvalue weighted by molar-refractivity contribution is -0.117. The van der Waals surface area contributed by atoms with E-state index < -0.39 is 0 Å². The monoisotopic (exact) mass is 262 g/mol. The van der Waals surface area contributed by atoms with Crippen molar-refractivity contribution in [1.29, 1.82) is 0 Å². The van der Waals surface area contributed by atoms with Crippen LogP contribution in [0.15, 0.2) is 18.2 Å². The normalized spacial score (nSPS) is 19.6. The molecule has 0 bridgehead atoms. The van der Waals surface area contributed by atoms with Gasteiger partial charge < -0.3 is 10.4 Å². The molecule has 1 aliphatic rings. The maximum Gasteiger partial charge on any atom is 0.238 e. The summed E-state index contributed by atoms with van der Waals surface area (Å²) < 4.78 is 0. The van der Waals surface area contributed by atoms with Gasteiger partial charge in [-0.3, -0.25) is 9.69 Å². The predicted octanol–water partition coefficient (Wildman–Crippen LogP) is 1.70. The number of aliphatic hydroxyl groups excluding tert-OH is 1. The summed E-state index contributed by atoms with van der Waals surface area (Å²) in [4.78, 5) is 14.2. The van der Waals surface area contributed by atoms with Crippen LogP contribution >= 0.6 is 0 Å². The molecule has 0 spiro atoms. The molecule has 1 aromatic rings. The molecule has 4 heteroatoms. The van der Waals surface area contributed by atoms with Gasteiger partial charge in [-0.25, -0.2) is 0 Å². The number of likely N-dealkylation sites (tertiary alicyclic amines) is 1. The van der Waals surface area contributed by atoms with E-state index in [9.17, 15) is 9.90 Å². The SMILES string of the molecule is Cc1cccc(C)c1NC(=O)CN1CCC[C@H]1CO. The number of rotatable bonds is 4. The molecule has 0 saturated carbocycles. The molecule has 19 heavy (non-hydrogen) atoms. The van der Waals surface area contributed by atoms with E-state index in [1.54, 1.807) is 0 Å². The Labute approximate surface area is 114 Å². The first kappa shape index (κ1) is 14.0. The minimum absolute atomic E-state index is 0.00208. The molecule has 2 N–H and O–H groups in total. The zero-order valence-electron chi connectivity index (χ0n) is 11.6. The highest BCUT2D eigenvalue weighted by Gasteiger charge is 2.25. The minimum Gasteiger partial charge on any atom is -0.395 e.